The Morgan fingerprint density at radius 3 is 2.17 bits per heavy atom. The average Bonchev–Trinajstić information content (AvgIpc) is 2.84. The molecule has 0 atom stereocenters. The maximum Gasteiger partial charge on any atom is 0.262 e. The van der Waals surface area contributed by atoms with E-state index in [9.17, 15) is 18.0 Å². The molecule has 0 unspecified atom stereocenters. The van der Waals surface area contributed by atoms with E-state index in [1.165, 1.54) is 24.3 Å². The summed E-state index contributed by atoms with van der Waals surface area (Å²) in [6, 6.07) is 21.1. The van der Waals surface area contributed by atoms with Crippen molar-refractivity contribution in [2.45, 2.75) is 4.90 Å². The second kappa shape index (κ2) is 13.3. The molecule has 4 N–H and O–H groups in total. The molecule has 0 saturated carbocycles. The van der Waals surface area contributed by atoms with Gasteiger partial charge >= 0.3 is 0 Å². The summed E-state index contributed by atoms with van der Waals surface area (Å²) in [6.45, 7) is 0.888. The Morgan fingerprint density at radius 2 is 1.49 bits per heavy atom. The molecule has 0 aliphatic rings. The molecule has 0 radical (unpaired) electrons. The van der Waals surface area contributed by atoms with Crippen LogP contribution in [-0.4, -0.2) is 46.9 Å². The summed E-state index contributed by atoms with van der Waals surface area (Å²) < 4.78 is 34.1. The molecule has 3 rings (SSSR count). The number of benzene rings is 3. The predicted molar refractivity (Wildman–Crippen MR) is 137 cm³/mol. The number of hydrogen-bond acceptors (Lipinski definition) is 6. The highest BCUT2D eigenvalue weighted by molar-refractivity contribution is 7.92. The van der Waals surface area contributed by atoms with Crippen molar-refractivity contribution < 1.29 is 22.7 Å². The zero-order valence-electron chi connectivity index (χ0n) is 19.0. The van der Waals surface area contributed by atoms with Crippen molar-refractivity contribution in [2.24, 2.45) is 0 Å². The van der Waals surface area contributed by atoms with Crippen molar-refractivity contribution in [2.75, 3.05) is 31.4 Å². The first-order valence-corrected chi connectivity index (χ1v) is 12.0. The maximum absolute atomic E-state index is 12.9. The molecular formula is C24H27ClN4O5S. The van der Waals surface area contributed by atoms with Crippen molar-refractivity contribution in [1.29, 1.82) is 0 Å². The molecule has 0 spiro atoms. The van der Waals surface area contributed by atoms with E-state index >= 15 is 0 Å². The minimum Gasteiger partial charge on any atom is -0.455 e. The van der Waals surface area contributed by atoms with Gasteiger partial charge in [0.1, 0.15) is 5.75 Å². The van der Waals surface area contributed by atoms with Crippen molar-refractivity contribution in [3.8, 4) is 11.5 Å². The highest BCUT2D eigenvalue weighted by atomic mass is 35.5. The second-order valence-corrected chi connectivity index (χ2v) is 8.86. The minimum atomic E-state index is -3.94. The highest BCUT2D eigenvalue weighted by Gasteiger charge is 2.18. The number of carbonyl (C=O) groups excluding carboxylic acids is 2. The smallest absolute Gasteiger partial charge is 0.262 e. The standard InChI is InChI=1S/C24H26N4O5S.ClH/c1-25-15-16-26-23(29)17-27-24(30)18-11-13-20(14-12-18)34(31,32)28-21-9-5-6-10-22(21)33-19-7-3-2-4-8-19;/h2-14,25,28H,15-17H2,1H3,(H,26,29)(H,27,30);1H. The predicted octanol–water partition coefficient (Wildman–Crippen LogP) is 2.77. The van der Waals surface area contributed by atoms with E-state index in [1.807, 2.05) is 18.2 Å². The van der Waals surface area contributed by atoms with Crippen LogP contribution in [0.15, 0.2) is 83.8 Å². The van der Waals surface area contributed by atoms with Crippen LogP contribution in [0.5, 0.6) is 11.5 Å². The molecule has 35 heavy (non-hydrogen) atoms. The van der Waals surface area contributed by atoms with E-state index in [0.717, 1.165) is 0 Å². The van der Waals surface area contributed by atoms with Crippen LogP contribution in [0, 0.1) is 0 Å². The lowest BCUT2D eigenvalue weighted by Crippen LogP contribution is -2.39. The van der Waals surface area contributed by atoms with Crippen molar-refractivity contribution >= 4 is 39.9 Å². The van der Waals surface area contributed by atoms with E-state index in [1.54, 1.807) is 43.4 Å². The Hall–Kier alpha value is -3.60. The number of para-hydroxylation sites is 3. The van der Waals surface area contributed by atoms with Crippen molar-refractivity contribution in [3.05, 3.63) is 84.4 Å². The van der Waals surface area contributed by atoms with Crippen LogP contribution < -0.4 is 25.4 Å². The molecule has 0 saturated heterocycles. The number of sulfonamides is 1. The van der Waals surface area contributed by atoms with Crippen LogP contribution in [0.3, 0.4) is 0 Å². The third-order valence-corrected chi connectivity index (χ3v) is 6.02. The van der Waals surface area contributed by atoms with E-state index < -0.39 is 15.9 Å². The molecule has 3 aromatic carbocycles. The lowest BCUT2D eigenvalue weighted by atomic mass is 10.2. The Labute approximate surface area is 210 Å². The number of anilines is 1. The number of ether oxygens (including phenoxy) is 1. The van der Waals surface area contributed by atoms with Crippen LogP contribution in [-0.2, 0) is 14.8 Å². The van der Waals surface area contributed by atoms with Crippen LogP contribution in [0.25, 0.3) is 0 Å². The SMILES string of the molecule is CNCCNC(=O)CNC(=O)c1ccc(S(=O)(=O)Nc2ccccc2Oc2ccccc2)cc1.Cl. The van der Waals surface area contributed by atoms with Gasteiger partial charge in [0.25, 0.3) is 15.9 Å². The van der Waals surface area contributed by atoms with Crippen molar-refractivity contribution in [3.63, 3.8) is 0 Å². The van der Waals surface area contributed by atoms with Gasteiger partial charge in [-0.05, 0) is 55.6 Å². The first kappa shape index (κ1) is 27.6. The van der Waals surface area contributed by atoms with Gasteiger partial charge in [0.15, 0.2) is 5.75 Å². The molecular weight excluding hydrogens is 492 g/mol. The molecule has 0 heterocycles. The number of likely N-dealkylation sites (N-methyl/N-ethyl adjacent to an activating group) is 1. The van der Waals surface area contributed by atoms with Crippen LogP contribution in [0.1, 0.15) is 10.4 Å². The minimum absolute atomic E-state index is 0. The van der Waals surface area contributed by atoms with E-state index in [-0.39, 0.29) is 41.0 Å². The second-order valence-electron chi connectivity index (χ2n) is 7.18. The topological polar surface area (TPSA) is 126 Å². The normalized spacial score (nSPS) is 10.5. The fourth-order valence-electron chi connectivity index (χ4n) is 2.90. The molecule has 0 aliphatic heterocycles. The van der Waals surface area contributed by atoms with Gasteiger partial charge in [-0.25, -0.2) is 8.42 Å². The van der Waals surface area contributed by atoms with E-state index in [2.05, 4.69) is 20.7 Å². The maximum atomic E-state index is 12.9. The fourth-order valence-corrected chi connectivity index (χ4v) is 3.97. The molecule has 0 bridgehead atoms. The quantitative estimate of drug-likeness (QED) is 0.289. The van der Waals surface area contributed by atoms with Gasteiger partial charge in [-0.2, -0.15) is 0 Å². The molecule has 0 aromatic heterocycles. The Morgan fingerprint density at radius 1 is 0.829 bits per heavy atom. The molecule has 11 heteroatoms. The van der Waals surface area contributed by atoms with Gasteiger partial charge < -0.3 is 20.7 Å². The van der Waals surface area contributed by atoms with E-state index in [0.29, 0.717) is 24.6 Å². The lowest BCUT2D eigenvalue weighted by molar-refractivity contribution is -0.120. The molecule has 2 amide bonds. The highest BCUT2D eigenvalue weighted by Crippen LogP contribution is 2.30. The monoisotopic (exact) mass is 518 g/mol. The fraction of sp³-hybridized carbons (Fsp3) is 0.167. The first-order valence-electron chi connectivity index (χ1n) is 10.5. The largest absolute Gasteiger partial charge is 0.455 e. The number of hydrogen-bond donors (Lipinski definition) is 4. The molecule has 9 nitrogen and oxygen atoms in total. The number of halogens is 1. The van der Waals surface area contributed by atoms with Gasteiger partial charge in [-0.1, -0.05) is 30.3 Å². The summed E-state index contributed by atoms with van der Waals surface area (Å²) in [5.74, 6) is 0.118. The molecule has 0 fully saturated rings. The van der Waals surface area contributed by atoms with Gasteiger partial charge in [-0.15, -0.1) is 12.4 Å². The summed E-state index contributed by atoms with van der Waals surface area (Å²) in [4.78, 5) is 23.9. The third kappa shape index (κ3) is 8.29. The lowest BCUT2D eigenvalue weighted by Gasteiger charge is -2.13. The Kier molecular flexibility index (Phi) is 10.5. The summed E-state index contributed by atoms with van der Waals surface area (Å²) in [7, 11) is -2.17. The average molecular weight is 519 g/mol. The van der Waals surface area contributed by atoms with Crippen LogP contribution in [0.2, 0.25) is 0 Å². The number of nitrogens with one attached hydrogen (secondary N) is 4. The molecule has 186 valence electrons. The summed E-state index contributed by atoms with van der Waals surface area (Å²) in [5.41, 5.74) is 0.507. The van der Waals surface area contributed by atoms with E-state index in [4.69, 9.17) is 4.74 Å². The zero-order chi connectivity index (χ0) is 24.4. The summed E-state index contributed by atoms with van der Waals surface area (Å²) >= 11 is 0. The number of rotatable bonds is 11. The number of carbonyl (C=O) groups is 2. The number of amides is 2. The summed E-state index contributed by atoms with van der Waals surface area (Å²) in [5, 5.41) is 8.05. The van der Waals surface area contributed by atoms with Gasteiger partial charge in [-0.3, -0.25) is 14.3 Å². The zero-order valence-corrected chi connectivity index (χ0v) is 20.6. The van der Waals surface area contributed by atoms with Gasteiger partial charge in [0.2, 0.25) is 5.91 Å². The molecule has 0 aliphatic carbocycles. The van der Waals surface area contributed by atoms with Crippen LogP contribution >= 0.6 is 12.4 Å². The van der Waals surface area contributed by atoms with Crippen LogP contribution in [0.4, 0.5) is 5.69 Å². The first-order chi connectivity index (χ1) is 16.4. The van der Waals surface area contributed by atoms with Gasteiger partial charge in [0.05, 0.1) is 17.1 Å². The Bertz CT molecular complexity index is 1220. The summed E-state index contributed by atoms with van der Waals surface area (Å²) in [6.07, 6.45) is 0. The Balaban J connectivity index is 0.00000432. The van der Waals surface area contributed by atoms with Crippen molar-refractivity contribution in [1.82, 2.24) is 16.0 Å². The van der Waals surface area contributed by atoms with Gasteiger partial charge in [0, 0.05) is 18.7 Å². The molecule has 3 aromatic rings. The third-order valence-electron chi connectivity index (χ3n) is 4.64.